The Balaban J connectivity index is 1.50. The second-order valence-electron chi connectivity index (χ2n) is 7.29. The number of carbonyl (C=O) groups excluding carboxylic acids is 1. The molecule has 8 nitrogen and oxygen atoms in total. The summed E-state index contributed by atoms with van der Waals surface area (Å²) < 4.78 is 12.6. The number of rotatable bonds is 7. The number of hydrogen-bond donors (Lipinski definition) is 1. The maximum Gasteiger partial charge on any atom is 0.258 e. The molecule has 172 valence electrons. The van der Waals surface area contributed by atoms with E-state index in [-0.39, 0.29) is 5.91 Å². The van der Waals surface area contributed by atoms with Crippen LogP contribution < -0.4 is 14.8 Å². The summed E-state index contributed by atoms with van der Waals surface area (Å²) >= 11 is 2.92. The molecule has 4 aromatic heterocycles. The van der Waals surface area contributed by atoms with Gasteiger partial charge in [-0.15, -0.1) is 22.7 Å². The van der Waals surface area contributed by atoms with Crippen molar-refractivity contribution in [1.29, 1.82) is 0 Å². The Morgan fingerprint density at radius 1 is 1.09 bits per heavy atom. The van der Waals surface area contributed by atoms with Crippen molar-refractivity contribution in [2.45, 2.75) is 13.5 Å². The molecule has 5 rings (SSSR count). The third-order valence-corrected chi connectivity index (χ3v) is 6.98. The standard InChI is InChI=1S/C24H21N5O3S2/c1-4-29-22-17(12-25-29)15(11-18(26-22)21-6-5-9-33-21)23(30)28-24-27-19(13-34-24)16-10-14(31-2)7-8-20(16)32-3/h5-13H,4H2,1-3H3,(H,27,28,30). The first-order valence-corrected chi connectivity index (χ1v) is 12.3. The van der Waals surface area contributed by atoms with Gasteiger partial charge in [0.05, 0.1) is 47.6 Å². The van der Waals surface area contributed by atoms with Gasteiger partial charge in [-0.2, -0.15) is 5.10 Å². The summed E-state index contributed by atoms with van der Waals surface area (Å²) in [4.78, 5) is 23.7. The lowest BCUT2D eigenvalue weighted by Gasteiger charge is -2.08. The first kappa shape index (κ1) is 22.1. The van der Waals surface area contributed by atoms with Gasteiger partial charge in [0.25, 0.3) is 5.91 Å². The molecule has 0 saturated heterocycles. The lowest BCUT2D eigenvalue weighted by atomic mass is 10.1. The second-order valence-corrected chi connectivity index (χ2v) is 9.09. The van der Waals surface area contributed by atoms with Gasteiger partial charge < -0.3 is 9.47 Å². The van der Waals surface area contributed by atoms with E-state index < -0.39 is 0 Å². The van der Waals surface area contributed by atoms with Crippen LogP contribution >= 0.6 is 22.7 Å². The third-order valence-electron chi connectivity index (χ3n) is 5.33. The first-order valence-electron chi connectivity index (χ1n) is 10.5. The predicted molar refractivity (Wildman–Crippen MR) is 135 cm³/mol. The Labute approximate surface area is 203 Å². The number of ether oxygens (including phenoxy) is 2. The molecule has 0 aliphatic heterocycles. The normalized spacial score (nSPS) is 11.0. The molecule has 4 heterocycles. The van der Waals surface area contributed by atoms with Gasteiger partial charge >= 0.3 is 0 Å². The highest BCUT2D eigenvalue weighted by Gasteiger charge is 2.19. The number of pyridine rings is 1. The van der Waals surface area contributed by atoms with Gasteiger partial charge in [-0.1, -0.05) is 6.07 Å². The van der Waals surface area contributed by atoms with E-state index in [1.807, 2.05) is 54.1 Å². The fourth-order valence-corrected chi connectivity index (χ4v) is 5.04. The molecule has 0 radical (unpaired) electrons. The largest absolute Gasteiger partial charge is 0.497 e. The van der Waals surface area contributed by atoms with Crippen molar-refractivity contribution in [1.82, 2.24) is 19.7 Å². The van der Waals surface area contributed by atoms with Crippen LogP contribution in [0.5, 0.6) is 11.5 Å². The van der Waals surface area contributed by atoms with Crippen molar-refractivity contribution in [3.8, 4) is 33.3 Å². The average Bonchev–Trinajstić information content (AvgIpc) is 3.63. The summed E-state index contributed by atoms with van der Waals surface area (Å²) in [6.45, 7) is 2.65. The van der Waals surface area contributed by atoms with Crippen molar-refractivity contribution >= 4 is 44.7 Å². The number of nitrogens with one attached hydrogen (secondary N) is 1. The maximum atomic E-state index is 13.4. The highest BCUT2D eigenvalue weighted by molar-refractivity contribution is 7.14. The molecule has 0 saturated carbocycles. The molecule has 0 fully saturated rings. The minimum Gasteiger partial charge on any atom is -0.497 e. The molecule has 0 unspecified atom stereocenters. The number of anilines is 1. The smallest absolute Gasteiger partial charge is 0.258 e. The van der Waals surface area contributed by atoms with E-state index in [0.717, 1.165) is 16.1 Å². The van der Waals surface area contributed by atoms with Crippen LogP contribution in [0, 0.1) is 0 Å². The van der Waals surface area contributed by atoms with Crippen LogP contribution in [0.25, 0.3) is 32.9 Å². The maximum absolute atomic E-state index is 13.4. The Hall–Kier alpha value is -3.76. The average molecular weight is 492 g/mol. The molecule has 0 bridgehead atoms. The number of methoxy groups -OCH3 is 2. The molecular weight excluding hydrogens is 470 g/mol. The van der Waals surface area contributed by atoms with Gasteiger partial charge in [0.15, 0.2) is 10.8 Å². The number of benzene rings is 1. The van der Waals surface area contributed by atoms with Crippen molar-refractivity contribution < 1.29 is 14.3 Å². The van der Waals surface area contributed by atoms with Crippen molar-refractivity contribution in [2.24, 2.45) is 0 Å². The third kappa shape index (κ3) is 4.02. The van der Waals surface area contributed by atoms with E-state index in [2.05, 4.69) is 15.4 Å². The summed E-state index contributed by atoms with van der Waals surface area (Å²) in [5.41, 5.74) is 3.40. The van der Waals surface area contributed by atoms with Gasteiger partial charge in [-0.25, -0.2) is 14.6 Å². The minimum absolute atomic E-state index is 0.264. The molecule has 1 amide bonds. The lowest BCUT2D eigenvalue weighted by molar-refractivity contribution is 0.102. The Morgan fingerprint density at radius 2 is 1.97 bits per heavy atom. The van der Waals surface area contributed by atoms with E-state index in [9.17, 15) is 4.79 Å². The van der Waals surface area contributed by atoms with E-state index in [1.54, 1.807) is 36.4 Å². The fraction of sp³-hybridized carbons (Fsp3) is 0.167. The summed E-state index contributed by atoms with van der Waals surface area (Å²) in [6, 6.07) is 11.3. The zero-order valence-electron chi connectivity index (χ0n) is 18.7. The Bertz CT molecular complexity index is 1470. The molecule has 10 heteroatoms. The van der Waals surface area contributed by atoms with Crippen LogP contribution in [0.3, 0.4) is 0 Å². The van der Waals surface area contributed by atoms with Crippen LogP contribution in [0.15, 0.2) is 53.4 Å². The highest BCUT2D eigenvalue weighted by atomic mass is 32.1. The lowest BCUT2D eigenvalue weighted by Crippen LogP contribution is -2.13. The number of carbonyl (C=O) groups is 1. The first-order chi connectivity index (χ1) is 16.6. The molecule has 0 aliphatic rings. The Kier molecular flexibility index (Phi) is 5.99. The predicted octanol–water partition coefficient (Wildman–Crippen LogP) is 5.57. The van der Waals surface area contributed by atoms with Crippen molar-refractivity contribution in [3.05, 3.63) is 58.9 Å². The molecule has 5 aromatic rings. The number of thiazole rings is 1. The van der Waals surface area contributed by atoms with Gasteiger partial charge in [0, 0.05) is 17.5 Å². The van der Waals surface area contributed by atoms with Gasteiger partial charge in [-0.05, 0) is 42.6 Å². The zero-order valence-corrected chi connectivity index (χ0v) is 20.4. The van der Waals surface area contributed by atoms with Crippen LogP contribution in [0.1, 0.15) is 17.3 Å². The molecule has 0 spiro atoms. The fourth-order valence-electron chi connectivity index (χ4n) is 3.65. The number of thiophene rings is 1. The molecule has 1 aromatic carbocycles. The minimum atomic E-state index is -0.264. The molecule has 1 N–H and O–H groups in total. The van der Waals surface area contributed by atoms with Crippen molar-refractivity contribution in [2.75, 3.05) is 19.5 Å². The van der Waals surface area contributed by atoms with Gasteiger partial charge in [0.1, 0.15) is 11.5 Å². The van der Waals surface area contributed by atoms with E-state index in [4.69, 9.17) is 14.5 Å². The van der Waals surface area contributed by atoms with Crippen LogP contribution in [0.4, 0.5) is 5.13 Å². The van der Waals surface area contributed by atoms with Crippen LogP contribution in [-0.2, 0) is 6.54 Å². The zero-order chi connectivity index (χ0) is 23.7. The second kappa shape index (κ2) is 9.24. The molecular formula is C24H21N5O3S2. The number of amides is 1. The number of hydrogen-bond acceptors (Lipinski definition) is 8. The topological polar surface area (TPSA) is 91.2 Å². The monoisotopic (exact) mass is 491 g/mol. The van der Waals surface area contributed by atoms with Crippen LogP contribution in [0.2, 0.25) is 0 Å². The number of nitrogens with zero attached hydrogens (tertiary/aromatic N) is 4. The van der Waals surface area contributed by atoms with Gasteiger partial charge in [-0.3, -0.25) is 10.1 Å². The highest BCUT2D eigenvalue weighted by Crippen LogP contribution is 2.35. The van der Waals surface area contributed by atoms with E-state index >= 15 is 0 Å². The van der Waals surface area contributed by atoms with E-state index in [0.29, 0.717) is 45.5 Å². The molecule has 0 atom stereocenters. The Morgan fingerprint density at radius 3 is 2.71 bits per heavy atom. The number of aromatic nitrogens is 4. The molecule has 34 heavy (non-hydrogen) atoms. The SMILES string of the molecule is CCn1ncc2c(C(=O)Nc3nc(-c4cc(OC)ccc4OC)cs3)cc(-c3cccs3)nc21. The summed E-state index contributed by atoms with van der Waals surface area (Å²) in [7, 11) is 3.22. The summed E-state index contributed by atoms with van der Waals surface area (Å²) in [6.07, 6.45) is 1.69. The molecule has 0 aliphatic carbocycles. The van der Waals surface area contributed by atoms with Crippen LogP contribution in [-0.4, -0.2) is 39.9 Å². The van der Waals surface area contributed by atoms with Crippen molar-refractivity contribution in [3.63, 3.8) is 0 Å². The number of aryl methyl sites for hydroxylation is 1. The van der Waals surface area contributed by atoms with E-state index in [1.165, 1.54) is 11.3 Å². The summed E-state index contributed by atoms with van der Waals surface area (Å²) in [5, 5.41) is 12.4. The number of fused-ring (bicyclic) bond motifs is 1. The summed E-state index contributed by atoms with van der Waals surface area (Å²) in [5.74, 6) is 1.11. The quantitative estimate of drug-likeness (QED) is 0.320. The van der Waals surface area contributed by atoms with Gasteiger partial charge in [0.2, 0.25) is 0 Å².